The van der Waals surface area contributed by atoms with Crippen molar-refractivity contribution in [2.45, 2.75) is 52.0 Å². The molecule has 92 valence electrons. The van der Waals surface area contributed by atoms with Crippen molar-refractivity contribution in [1.29, 1.82) is 0 Å². The van der Waals surface area contributed by atoms with Crippen LogP contribution in [0.25, 0.3) is 0 Å². The molecule has 1 unspecified atom stereocenters. The fourth-order valence-electron chi connectivity index (χ4n) is 1.87. The van der Waals surface area contributed by atoms with Crippen molar-refractivity contribution in [2.24, 2.45) is 16.3 Å². The van der Waals surface area contributed by atoms with E-state index in [4.69, 9.17) is 10.9 Å². The van der Waals surface area contributed by atoms with Gasteiger partial charge in [-0.15, -0.1) is 0 Å². The molecule has 0 bridgehead atoms. The minimum Gasteiger partial charge on any atom is -0.409 e. The number of carbonyl (C=O) groups excluding carboxylic acids is 1. The number of nitrogens with zero attached hydrogens (tertiary/aromatic N) is 1. The van der Waals surface area contributed by atoms with Gasteiger partial charge in [-0.3, -0.25) is 4.79 Å². The van der Waals surface area contributed by atoms with Gasteiger partial charge in [0.05, 0.1) is 0 Å². The molecule has 1 saturated carbocycles. The molecule has 16 heavy (non-hydrogen) atoms. The van der Waals surface area contributed by atoms with E-state index < -0.39 is 5.41 Å². The molecule has 1 aliphatic carbocycles. The summed E-state index contributed by atoms with van der Waals surface area (Å²) in [7, 11) is 0. The maximum absolute atomic E-state index is 12.0. The highest BCUT2D eigenvalue weighted by Crippen LogP contribution is 2.46. The number of amides is 1. The fourth-order valence-corrected chi connectivity index (χ4v) is 1.87. The number of rotatable bonds is 6. The van der Waals surface area contributed by atoms with E-state index >= 15 is 0 Å². The normalized spacial score (nSPS) is 20.2. The highest BCUT2D eigenvalue weighted by atomic mass is 16.4. The van der Waals surface area contributed by atoms with Crippen molar-refractivity contribution in [2.75, 3.05) is 0 Å². The molecule has 1 amide bonds. The van der Waals surface area contributed by atoms with E-state index in [2.05, 4.69) is 17.4 Å². The van der Waals surface area contributed by atoms with Crippen molar-refractivity contribution < 1.29 is 10.0 Å². The van der Waals surface area contributed by atoms with E-state index in [1.807, 2.05) is 6.92 Å². The lowest BCUT2D eigenvalue weighted by molar-refractivity contribution is -0.124. The van der Waals surface area contributed by atoms with Crippen molar-refractivity contribution in [3.63, 3.8) is 0 Å². The number of nitrogens with one attached hydrogen (secondary N) is 1. The maximum Gasteiger partial charge on any atom is 0.234 e. The highest BCUT2D eigenvalue weighted by Gasteiger charge is 2.54. The zero-order valence-corrected chi connectivity index (χ0v) is 9.99. The van der Waals surface area contributed by atoms with Crippen LogP contribution in [0.5, 0.6) is 0 Å². The first kappa shape index (κ1) is 12.8. The van der Waals surface area contributed by atoms with Crippen LogP contribution in [0, 0.1) is 5.41 Å². The third-order valence-electron chi connectivity index (χ3n) is 3.25. The minimum absolute atomic E-state index is 0.0383. The average molecular weight is 227 g/mol. The standard InChI is InChI=1S/C11H21N3O2/c1-3-5-8(4-2)13-10(15)11(6-7-11)9(12)14-16/h8,16H,3-7H2,1-2H3,(H2,12,14)(H,13,15). The van der Waals surface area contributed by atoms with Gasteiger partial charge >= 0.3 is 0 Å². The largest absolute Gasteiger partial charge is 0.409 e. The fraction of sp³-hybridized carbons (Fsp3) is 0.818. The second-order valence-electron chi connectivity index (χ2n) is 4.43. The first-order valence-electron chi connectivity index (χ1n) is 5.89. The molecule has 0 aromatic carbocycles. The monoisotopic (exact) mass is 227 g/mol. The van der Waals surface area contributed by atoms with E-state index in [0.29, 0.717) is 12.8 Å². The molecule has 0 aromatic heterocycles. The molecule has 1 aliphatic rings. The number of amidine groups is 1. The van der Waals surface area contributed by atoms with E-state index in [1.54, 1.807) is 0 Å². The third-order valence-corrected chi connectivity index (χ3v) is 3.25. The lowest BCUT2D eigenvalue weighted by Crippen LogP contribution is -2.44. The minimum atomic E-state index is -0.726. The highest BCUT2D eigenvalue weighted by molar-refractivity contribution is 6.09. The molecule has 5 heteroatoms. The summed E-state index contributed by atoms with van der Waals surface area (Å²) in [6.45, 7) is 4.13. The number of oxime groups is 1. The first-order valence-corrected chi connectivity index (χ1v) is 5.89. The Hall–Kier alpha value is -1.26. The Morgan fingerprint density at radius 2 is 2.19 bits per heavy atom. The molecule has 4 N–H and O–H groups in total. The average Bonchev–Trinajstić information content (AvgIpc) is 3.08. The van der Waals surface area contributed by atoms with Crippen molar-refractivity contribution in [3.8, 4) is 0 Å². The van der Waals surface area contributed by atoms with Gasteiger partial charge in [-0.05, 0) is 25.7 Å². The van der Waals surface area contributed by atoms with Crippen molar-refractivity contribution in [3.05, 3.63) is 0 Å². The predicted octanol–water partition coefficient (Wildman–Crippen LogP) is 1.21. The summed E-state index contributed by atoms with van der Waals surface area (Å²) in [6.07, 6.45) is 4.27. The molecular formula is C11H21N3O2. The van der Waals surface area contributed by atoms with Gasteiger partial charge in [0.2, 0.25) is 5.91 Å². The van der Waals surface area contributed by atoms with Crippen molar-refractivity contribution in [1.82, 2.24) is 5.32 Å². The van der Waals surface area contributed by atoms with Gasteiger partial charge in [-0.2, -0.15) is 0 Å². The Labute approximate surface area is 96.1 Å². The summed E-state index contributed by atoms with van der Waals surface area (Å²) in [5.41, 5.74) is 4.82. The molecule has 1 fully saturated rings. The van der Waals surface area contributed by atoms with Crippen LogP contribution in [0.4, 0.5) is 0 Å². The van der Waals surface area contributed by atoms with Gasteiger partial charge in [0, 0.05) is 6.04 Å². The summed E-state index contributed by atoms with van der Waals surface area (Å²) in [5.74, 6) is -0.0561. The number of nitrogens with two attached hydrogens (primary N) is 1. The van der Waals surface area contributed by atoms with E-state index in [9.17, 15) is 4.79 Å². The molecule has 1 rings (SSSR count). The zero-order chi connectivity index (χ0) is 12.2. The first-order chi connectivity index (χ1) is 7.60. The second-order valence-corrected chi connectivity index (χ2v) is 4.43. The third kappa shape index (κ3) is 2.46. The molecule has 0 aliphatic heterocycles. The lowest BCUT2D eigenvalue weighted by atomic mass is 10.0. The number of hydrogen-bond donors (Lipinski definition) is 3. The van der Waals surface area contributed by atoms with E-state index in [-0.39, 0.29) is 17.8 Å². The van der Waals surface area contributed by atoms with Gasteiger partial charge in [-0.1, -0.05) is 25.4 Å². The van der Waals surface area contributed by atoms with E-state index in [0.717, 1.165) is 19.3 Å². The van der Waals surface area contributed by atoms with Crippen LogP contribution in [-0.2, 0) is 4.79 Å². The summed E-state index contributed by atoms with van der Waals surface area (Å²) >= 11 is 0. The van der Waals surface area contributed by atoms with Gasteiger partial charge in [0.1, 0.15) is 5.41 Å². The predicted molar refractivity (Wildman–Crippen MR) is 62.2 cm³/mol. The van der Waals surface area contributed by atoms with Gasteiger partial charge in [0.15, 0.2) is 5.84 Å². The molecular weight excluding hydrogens is 206 g/mol. The van der Waals surface area contributed by atoms with Crippen LogP contribution >= 0.6 is 0 Å². The van der Waals surface area contributed by atoms with Gasteiger partial charge in [-0.25, -0.2) is 0 Å². The maximum atomic E-state index is 12.0. The SMILES string of the molecule is CCCC(CC)NC(=O)C1(C(N)=NO)CC1. The van der Waals surface area contributed by atoms with Crippen LogP contribution in [0.1, 0.15) is 46.0 Å². The van der Waals surface area contributed by atoms with Crippen LogP contribution in [-0.4, -0.2) is 23.0 Å². The topological polar surface area (TPSA) is 87.7 Å². The van der Waals surface area contributed by atoms with Crippen LogP contribution < -0.4 is 11.1 Å². The lowest BCUT2D eigenvalue weighted by Gasteiger charge is -2.20. The molecule has 5 nitrogen and oxygen atoms in total. The van der Waals surface area contributed by atoms with E-state index in [1.165, 1.54) is 0 Å². The summed E-state index contributed by atoms with van der Waals surface area (Å²) in [6, 6.07) is 0.196. The smallest absolute Gasteiger partial charge is 0.234 e. The molecule has 0 aromatic rings. The summed E-state index contributed by atoms with van der Waals surface area (Å²) in [5, 5.41) is 14.6. The van der Waals surface area contributed by atoms with Crippen LogP contribution in [0.15, 0.2) is 5.16 Å². The Balaban J connectivity index is 2.58. The zero-order valence-electron chi connectivity index (χ0n) is 9.99. The Bertz CT molecular complexity index is 285. The Kier molecular flexibility index (Phi) is 4.15. The number of carbonyl (C=O) groups is 1. The number of hydrogen-bond acceptors (Lipinski definition) is 3. The quantitative estimate of drug-likeness (QED) is 0.276. The molecule has 0 spiro atoms. The summed E-state index contributed by atoms with van der Waals surface area (Å²) < 4.78 is 0. The Morgan fingerprint density at radius 1 is 1.56 bits per heavy atom. The van der Waals surface area contributed by atoms with Crippen LogP contribution in [0.3, 0.4) is 0 Å². The molecule has 0 saturated heterocycles. The van der Waals surface area contributed by atoms with Gasteiger partial charge in [0.25, 0.3) is 0 Å². The van der Waals surface area contributed by atoms with Crippen molar-refractivity contribution >= 4 is 11.7 Å². The summed E-state index contributed by atoms with van der Waals surface area (Å²) in [4.78, 5) is 12.0. The molecule has 0 radical (unpaired) electrons. The second kappa shape index (κ2) is 5.18. The van der Waals surface area contributed by atoms with Crippen LogP contribution in [0.2, 0.25) is 0 Å². The Morgan fingerprint density at radius 3 is 2.56 bits per heavy atom. The molecule has 1 atom stereocenters. The van der Waals surface area contributed by atoms with Gasteiger partial charge < -0.3 is 16.3 Å². The molecule has 0 heterocycles.